The van der Waals surface area contributed by atoms with Crippen LogP contribution in [0.5, 0.6) is 0 Å². The molecule has 3 rings (SSSR count). The Labute approximate surface area is 178 Å². The molecule has 0 N–H and O–H groups in total. The Morgan fingerprint density at radius 1 is 1.17 bits per heavy atom. The fourth-order valence-corrected chi connectivity index (χ4v) is 4.97. The average molecular weight is 413 g/mol. The van der Waals surface area contributed by atoms with E-state index in [0.29, 0.717) is 13.1 Å². The molecule has 1 aliphatic rings. The van der Waals surface area contributed by atoms with Crippen molar-refractivity contribution in [2.75, 3.05) is 19.6 Å². The Hall–Kier alpha value is -2.14. The Morgan fingerprint density at radius 2 is 1.90 bits per heavy atom. The molecule has 156 valence electrons. The molecule has 0 saturated carbocycles. The zero-order chi connectivity index (χ0) is 21.2. The predicted molar refractivity (Wildman–Crippen MR) is 119 cm³/mol. The van der Waals surface area contributed by atoms with Crippen molar-refractivity contribution in [2.24, 2.45) is 5.41 Å². The van der Waals surface area contributed by atoms with Crippen LogP contribution in [0.4, 0.5) is 0 Å². The minimum Gasteiger partial charge on any atom is -0.333 e. The number of hydrogen-bond acceptors (Lipinski definition) is 3. The summed E-state index contributed by atoms with van der Waals surface area (Å²) in [5.41, 5.74) is 3.09. The molecule has 4 nitrogen and oxygen atoms in total. The number of fused-ring (bicyclic) bond motifs is 1. The van der Waals surface area contributed by atoms with E-state index in [-0.39, 0.29) is 24.4 Å². The zero-order valence-corrected chi connectivity index (χ0v) is 19.0. The molecule has 29 heavy (non-hydrogen) atoms. The Kier molecular flexibility index (Phi) is 6.47. The van der Waals surface area contributed by atoms with Gasteiger partial charge in [0.05, 0.1) is 12.6 Å². The van der Waals surface area contributed by atoms with Crippen molar-refractivity contribution >= 4 is 23.2 Å². The van der Waals surface area contributed by atoms with Crippen LogP contribution in [0.1, 0.15) is 61.7 Å². The molecule has 0 fully saturated rings. The maximum absolute atomic E-state index is 13.5. The van der Waals surface area contributed by atoms with E-state index in [9.17, 15) is 9.59 Å². The van der Waals surface area contributed by atoms with E-state index in [2.05, 4.69) is 30.5 Å². The fourth-order valence-electron chi connectivity index (χ4n) is 4.06. The molecule has 0 bridgehead atoms. The third-order valence-corrected chi connectivity index (χ3v) is 6.51. The van der Waals surface area contributed by atoms with Gasteiger partial charge in [-0.25, -0.2) is 0 Å². The van der Waals surface area contributed by atoms with Crippen LogP contribution in [-0.4, -0.2) is 41.2 Å². The third kappa shape index (κ3) is 4.55. The van der Waals surface area contributed by atoms with E-state index in [0.717, 1.165) is 12.8 Å². The van der Waals surface area contributed by atoms with Gasteiger partial charge in [0.1, 0.15) is 0 Å². The molecule has 0 spiro atoms. The summed E-state index contributed by atoms with van der Waals surface area (Å²) in [6, 6.07) is 10.4. The molecule has 1 aromatic carbocycles. The van der Waals surface area contributed by atoms with Gasteiger partial charge in [0.2, 0.25) is 11.8 Å². The van der Waals surface area contributed by atoms with Crippen molar-refractivity contribution in [3.05, 3.63) is 57.3 Å². The Balaban J connectivity index is 1.92. The monoisotopic (exact) mass is 412 g/mol. The summed E-state index contributed by atoms with van der Waals surface area (Å²) in [6.07, 6.45) is 1.72. The number of nitrogens with zero attached hydrogens (tertiary/aromatic N) is 2. The van der Waals surface area contributed by atoms with Crippen LogP contribution in [-0.2, 0) is 16.0 Å². The van der Waals surface area contributed by atoms with Gasteiger partial charge in [-0.2, -0.15) is 0 Å². The molecule has 0 aliphatic carbocycles. The molecule has 0 radical (unpaired) electrons. The number of hydrogen-bond donors (Lipinski definition) is 0. The van der Waals surface area contributed by atoms with Crippen molar-refractivity contribution in [3.8, 4) is 0 Å². The molecule has 1 aliphatic heterocycles. The van der Waals surface area contributed by atoms with Gasteiger partial charge in [-0.15, -0.1) is 11.3 Å². The molecule has 2 heterocycles. The summed E-state index contributed by atoms with van der Waals surface area (Å²) in [5.74, 6) is 0.0644. The highest BCUT2D eigenvalue weighted by Crippen LogP contribution is 2.39. The highest BCUT2D eigenvalue weighted by Gasteiger charge is 2.35. The van der Waals surface area contributed by atoms with Crippen LogP contribution in [0, 0.1) is 12.3 Å². The lowest BCUT2D eigenvalue weighted by atomic mass is 9.90. The molecule has 2 amide bonds. The van der Waals surface area contributed by atoms with Gasteiger partial charge in [0, 0.05) is 23.4 Å². The number of aryl methyl sites for hydroxylation is 1. The second-order valence-corrected chi connectivity index (χ2v) is 9.87. The first-order chi connectivity index (χ1) is 13.7. The SMILES string of the molecule is CCCN(CC(=O)N1CCc2sccc2[C@@H]1c1ccccc1C)C(=O)C(C)(C)C. The summed E-state index contributed by atoms with van der Waals surface area (Å²) in [6.45, 7) is 11.3. The molecule has 0 unspecified atom stereocenters. The number of benzene rings is 1. The first-order valence-corrected chi connectivity index (χ1v) is 11.3. The van der Waals surface area contributed by atoms with Crippen LogP contribution in [0.2, 0.25) is 0 Å². The number of carbonyl (C=O) groups is 2. The van der Waals surface area contributed by atoms with Gasteiger partial charge in [-0.3, -0.25) is 9.59 Å². The number of rotatable bonds is 5. The van der Waals surface area contributed by atoms with Gasteiger partial charge in [0.25, 0.3) is 0 Å². The number of amides is 2. The Bertz CT molecular complexity index is 881. The van der Waals surface area contributed by atoms with Crippen molar-refractivity contribution in [3.63, 3.8) is 0 Å². The van der Waals surface area contributed by atoms with E-state index in [1.807, 2.05) is 44.7 Å². The number of carbonyl (C=O) groups excluding carboxylic acids is 2. The maximum atomic E-state index is 13.5. The summed E-state index contributed by atoms with van der Waals surface area (Å²) in [5, 5.41) is 2.12. The van der Waals surface area contributed by atoms with Crippen LogP contribution in [0.15, 0.2) is 35.7 Å². The predicted octanol–water partition coefficient (Wildman–Crippen LogP) is 4.82. The van der Waals surface area contributed by atoms with Crippen molar-refractivity contribution in [2.45, 2.75) is 53.5 Å². The van der Waals surface area contributed by atoms with Gasteiger partial charge in [-0.1, -0.05) is 52.0 Å². The van der Waals surface area contributed by atoms with Crippen LogP contribution >= 0.6 is 11.3 Å². The van der Waals surface area contributed by atoms with E-state index < -0.39 is 5.41 Å². The lowest BCUT2D eigenvalue weighted by Gasteiger charge is -2.39. The largest absolute Gasteiger partial charge is 0.333 e. The normalized spacial score (nSPS) is 16.4. The molecule has 5 heteroatoms. The van der Waals surface area contributed by atoms with Gasteiger partial charge in [0.15, 0.2) is 0 Å². The van der Waals surface area contributed by atoms with Gasteiger partial charge >= 0.3 is 0 Å². The lowest BCUT2D eigenvalue weighted by Crippen LogP contribution is -2.49. The molecule has 0 saturated heterocycles. The Morgan fingerprint density at radius 3 is 2.55 bits per heavy atom. The zero-order valence-electron chi connectivity index (χ0n) is 18.2. The van der Waals surface area contributed by atoms with Crippen LogP contribution < -0.4 is 0 Å². The second kappa shape index (κ2) is 8.70. The van der Waals surface area contributed by atoms with E-state index in [4.69, 9.17) is 0 Å². The smallest absolute Gasteiger partial charge is 0.242 e. The molecule has 1 aromatic heterocycles. The topological polar surface area (TPSA) is 40.6 Å². The van der Waals surface area contributed by atoms with E-state index >= 15 is 0 Å². The molecule has 2 aromatic rings. The lowest BCUT2D eigenvalue weighted by molar-refractivity contribution is -0.146. The van der Waals surface area contributed by atoms with Crippen LogP contribution in [0.3, 0.4) is 0 Å². The maximum Gasteiger partial charge on any atom is 0.242 e. The highest BCUT2D eigenvalue weighted by molar-refractivity contribution is 7.10. The molecular weight excluding hydrogens is 380 g/mol. The quantitative estimate of drug-likeness (QED) is 0.707. The standard InChI is InChI=1S/C24H32N2O2S/c1-6-13-25(23(28)24(3,4)5)16-21(27)26-14-11-20-19(12-15-29-20)22(26)18-10-8-7-9-17(18)2/h7-10,12,15,22H,6,11,13-14,16H2,1-5H3/t22-/m0/s1. The average Bonchev–Trinajstić information content (AvgIpc) is 3.15. The molecular formula is C24H32N2O2S. The summed E-state index contributed by atoms with van der Waals surface area (Å²) in [4.78, 5) is 31.4. The summed E-state index contributed by atoms with van der Waals surface area (Å²) < 4.78 is 0. The second-order valence-electron chi connectivity index (χ2n) is 8.87. The third-order valence-electron chi connectivity index (χ3n) is 5.52. The van der Waals surface area contributed by atoms with Gasteiger partial charge in [-0.05, 0) is 47.9 Å². The first kappa shape index (κ1) is 21.6. The summed E-state index contributed by atoms with van der Waals surface area (Å²) >= 11 is 1.77. The van der Waals surface area contributed by atoms with Crippen molar-refractivity contribution < 1.29 is 9.59 Å². The minimum absolute atomic E-state index is 0.0288. The van der Waals surface area contributed by atoms with E-state index in [1.54, 1.807) is 16.2 Å². The van der Waals surface area contributed by atoms with Crippen molar-refractivity contribution in [1.29, 1.82) is 0 Å². The summed E-state index contributed by atoms with van der Waals surface area (Å²) in [7, 11) is 0. The number of thiophene rings is 1. The van der Waals surface area contributed by atoms with Crippen molar-refractivity contribution in [1.82, 2.24) is 9.80 Å². The minimum atomic E-state index is -0.493. The molecule has 1 atom stereocenters. The first-order valence-electron chi connectivity index (χ1n) is 10.4. The van der Waals surface area contributed by atoms with Crippen LogP contribution in [0.25, 0.3) is 0 Å². The van der Waals surface area contributed by atoms with Gasteiger partial charge < -0.3 is 9.80 Å². The van der Waals surface area contributed by atoms with E-state index in [1.165, 1.54) is 21.6 Å². The fraction of sp³-hybridized carbons (Fsp3) is 0.500. The highest BCUT2D eigenvalue weighted by atomic mass is 32.1.